The summed E-state index contributed by atoms with van der Waals surface area (Å²) in [4.78, 5) is 26.3. The van der Waals surface area contributed by atoms with Crippen molar-refractivity contribution >= 4 is 28.0 Å². The molecule has 0 saturated heterocycles. The average molecular weight is 398 g/mol. The van der Waals surface area contributed by atoms with E-state index < -0.39 is 17.7 Å². The van der Waals surface area contributed by atoms with Crippen LogP contribution < -0.4 is 0 Å². The van der Waals surface area contributed by atoms with Crippen LogP contribution in [0.3, 0.4) is 0 Å². The summed E-state index contributed by atoms with van der Waals surface area (Å²) in [6, 6.07) is 0. The van der Waals surface area contributed by atoms with Gasteiger partial charge in [0.2, 0.25) is 0 Å². The highest BCUT2D eigenvalue weighted by atomic mass is 79.9. The van der Waals surface area contributed by atoms with Crippen LogP contribution in [0.5, 0.6) is 0 Å². The predicted molar refractivity (Wildman–Crippen MR) is 96.0 cm³/mol. The fourth-order valence-electron chi connectivity index (χ4n) is 2.72. The summed E-state index contributed by atoms with van der Waals surface area (Å²) in [5.74, 6) is -0.399. The van der Waals surface area contributed by atoms with Crippen LogP contribution in [0.4, 0.5) is 4.79 Å². The van der Waals surface area contributed by atoms with Gasteiger partial charge in [-0.3, -0.25) is 0 Å². The molecule has 2 aliphatic rings. The van der Waals surface area contributed by atoms with E-state index in [-0.39, 0.29) is 11.4 Å². The molecule has 2 rings (SSSR count). The van der Waals surface area contributed by atoms with Crippen molar-refractivity contribution in [3.05, 3.63) is 34.9 Å². The first-order valence-corrected chi connectivity index (χ1v) is 8.94. The highest BCUT2D eigenvalue weighted by molar-refractivity contribution is 9.09. The minimum atomic E-state index is -0.565. The molecule has 0 aromatic heterocycles. The van der Waals surface area contributed by atoms with E-state index >= 15 is 0 Å². The molecule has 6 heteroatoms. The number of halogens is 1. The third kappa shape index (κ3) is 4.72. The molecule has 1 aliphatic heterocycles. The summed E-state index contributed by atoms with van der Waals surface area (Å²) >= 11 is 3.59. The third-order valence-electron chi connectivity index (χ3n) is 3.80. The molecule has 0 fully saturated rings. The lowest BCUT2D eigenvalue weighted by Gasteiger charge is -2.32. The van der Waals surface area contributed by atoms with Gasteiger partial charge in [0, 0.05) is 11.4 Å². The Morgan fingerprint density at radius 2 is 2.04 bits per heavy atom. The van der Waals surface area contributed by atoms with Gasteiger partial charge in [0.25, 0.3) is 0 Å². The van der Waals surface area contributed by atoms with Gasteiger partial charge in [0.1, 0.15) is 5.60 Å². The first kappa shape index (κ1) is 18.8. The molecule has 1 unspecified atom stereocenters. The summed E-state index contributed by atoms with van der Waals surface area (Å²) in [7, 11) is 1.36. The van der Waals surface area contributed by atoms with E-state index in [0.29, 0.717) is 18.5 Å². The van der Waals surface area contributed by atoms with E-state index in [1.54, 1.807) is 4.90 Å². The van der Waals surface area contributed by atoms with Crippen LogP contribution in [0.15, 0.2) is 34.9 Å². The van der Waals surface area contributed by atoms with E-state index in [0.717, 1.165) is 17.6 Å². The lowest BCUT2D eigenvalue weighted by molar-refractivity contribution is -0.136. The molecule has 0 aromatic rings. The van der Waals surface area contributed by atoms with Crippen molar-refractivity contribution in [3.8, 4) is 0 Å². The van der Waals surface area contributed by atoms with E-state index in [1.807, 2.05) is 26.8 Å². The zero-order valence-electron chi connectivity index (χ0n) is 14.6. The quantitative estimate of drug-likeness (QED) is 0.525. The number of carbonyl (C=O) groups is 2. The second-order valence-electron chi connectivity index (χ2n) is 6.88. The molecule has 1 amide bonds. The standard InChI is InChI=1S/C18H24BrNO4/c1-18(2,3)24-17(22)20-9-8-14(15(11-20)16(21)23-4)12-6-5-7-13(19)10-12/h5-6,10,13H,7-9,11H2,1-4H3. The Morgan fingerprint density at radius 3 is 2.62 bits per heavy atom. The first-order chi connectivity index (χ1) is 11.2. The molecule has 0 radical (unpaired) electrons. The van der Waals surface area contributed by atoms with Crippen LogP contribution in [-0.4, -0.2) is 47.6 Å². The highest BCUT2D eigenvalue weighted by Crippen LogP contribution is 2.30. The summed E-state index contributed by atoms with van der Waals surface area (Å²) in [6.07, 6.45) is 7.32. The molecule has 24 heavy (non-hydrogen) atoms. The maximum Gasteiger partial charge on any atom is 0.410 e. The van der Waals surface area contributed by atoms with Gasteiger partial charge in [0.15, 0.2) is 0 Å². The SMILES string of the molecule is COC(=O)C1=C(C2=CC(Br)CC=C2)CCN(C(=O)OC(C)(C)C)C1. The molecule has 0 saturated carbocycles. The zero-order valence-corrected chi connectivity index (χ0v) is 16.2. The van der Waals surface area contributed by atoms with E-state index in [2.05, 4.69) is 28.1 Å². The Bertz CT molecular complexity index is 613. The molecule has 0 N–H and O–H groups in total. The van der Waals surface area contributed by atoms with Gasteiger partial charge in [-0.1, -0.05) is 34.2 Å². The summed E-state index contributed by atoms with van der Waals surface area (Å²) in [5.41, 5.74) is 1.92. The van der Waals surface area contributed by atoms with Crippen molar-refractivity contribution in [2.75, 3.05) is 20.2 Å². The van der Waals surface area contributed by atoms with Gasteiger partial charge < -0.3 is 14.4 Å². The Labute approximate surface area is 151 Å². The van der Waals surface area contributed by atoms with Gasteiger partial charge in [-0.25, -0.2) is 9.59 Å². The molecule has 1 aliphatic carbocycles. The Morgan fingerprint density at radius 1 is 1.33 bits per heavy atom. The van der Waals surface area contributed by atoms with E-state index in [1.165, 1.54) is 7.11 Å². The molecule has 5 nitrogen and oxygen atoms in total. The molecular weight excluding hydrogens is 374 g/mol. The minimum absolute atomic E-state index is 0.203. The Balaban J connectivity index is 2.27. The fourth-order valence-corrected chi connectivity index (χ4v) is 3.22. The van der Waals surface area contributed by atoms with Crippen LogP contribution in [0.1, 0.15) is 33.6 Å². The van der Waals surface area contributed by atoms with Crippen molar-refractivity contribution in [1.82, 2.24) is 4.90 Å². The van der Waals surface area contributed by atoms with Gasteiger partial charge in [-0.05, 0) is 44.8 Å². The first-order valence-electron chi connectivity index (χ1n) is 8.02. The van der Waals surface area contributed by atoms with Crippen LogP contribution in [0.25, 0.3) is 0 Å². The van der Waals surface area contributed by atoms with E-state index in [9.17, 15) is 9.59 Å². The smallest absolute Gasteiger partial charge is 0.410 e. The number of nitrogens with zero attached hydrogens (tertiary/aromatic N) is 1. The molecule has 1 heterocycles. The number of rotatable bonds is 2. The van der Waals surface area contributed by atoms with Gasteiger partial charge in [0.05, 0.1) is 19.2 Å². The number of hydrogen-bond acceptors (Lipinski definition) is 4. The van der Waals surface area contributed by atoms with Crippen LogP contribution in [-0.2, 0) is 14.3 Å². The highest BCUT2D eigenvalue weighted by Gasteiger charge is 2.31. The van der Waals surface area contributed by atoms with Crippen molar-refractivity contribution in [3.63, 3.8) is 0 Å². The van der Waals surface area contributed by atoms with Crippen molar-refractivity contribution < 1.29 is 19.1 Å². The molecule has 0 aromatic carbocycles. The topological polar surface area (TPSA) is 55.8 Å². The van der Waals surface area contributed by atoms with Gasteiger partial charge in [-0.2, -0.15) is 0 Å². The number of allylic oxidation sites excluding steroid dienone is 4. The maximum atomic E-state index is 12.3. The number of ether oxygens (including phenoxy) is 2. The fraction of sp³-hybridized carbons (Fsp3) is 0.556. The Kier molecular flexibility index (Phi) is 5.91. The van der Waals surface area contributed by atoms with Crippen LogP contribution in [0, 0.1) is 0 Å². The van der Waals surface area contributed by atoms with Crippen molar-refractivity contribution in [2.45, 2.75) is 44.0 Å². The molecule has 0 spiro atoms. The lowest BCUT2D eigenvalue weighted by atomic mass is 9.90. The molecule has 132 valence electrons. The second-order valence-corrected chi connectivity index (χ2v) is 8.05. The van der Waals surface area contributed by atoms with Gasteiger partial charge in [-0.15, -0.1) is 0 Å². The Hall–Kier alpha value is -1.56. The van der Waals surface area contributed by atoms with E-state index in [4.69, 9.17) is 9.47 Å². The summed E-state index contributed by atoms with van der Waals surface area (Å²) < 4.78 is 10.3. The summed E-state index contributed by atoms with van der Waals surface area (Å²) in [6.45, 7) is 6.19. The third-order valence-corrected chi connectivity index (χ3v) is 4.43. The molecule has 1 atom stereocenters. The van der Waals surface area contributed by atoms with Crippen LogP contribution in [0.2, 0.25) is 0 Å². The normalized spacial score (nSPS) is 21.5. The number of alkyl halides is 1. The number of amides is 1. The minimum Gasteiger partial charge on any atom is -0.466 e. The number of carbonyl (C=O) groups excluding carboxylic acids is 2. The summed E-state index contributed by atoms with van der Waals surface area (Å²) in [5, 5.41) is 0. The second kappa shape index (κ2) is 7.55. The molecule has 0 bridgehead atoms. The molecular formula is C18H24BrNO4. The zero-order chi connectivity index (χ0) is 17.9. The number of methoxy groups -OCH3 is 1. The lowest BCUT2D eigenvalue weighted by Crippen LogP contribution is -2.42. The van der Waals surface area contributed by atoms with Gasteiger partial charge >= 0.3 is 12.1 Å². The van der Waals surface area contributed by atoms with Crippen molar-refractivity contribution in [1.29, 1.82) is 0 Å². The predicted octanol–water partition coefficient (Wildman–Crippen LogP) is 3.75. The largest absolute Gasteiger partial charge is 0.466 e. The van der Waals surface area contributed by atoms with Crippen LogP contribution >= 0.6 is 15.9 Å². The number of esters is 1. The van der Waals surface area contributed by atoms with Crippen molar-refractivity contribution in [2.24, 2.45) is 0 Å². The average Bonchev–Trinajstić information content (AvgIpc) is 2.52. The maximum absolute atomic E-state index is 12.3. The monoisotopic (exact) mass is 397 g/mol. The number of hydrogen-bond donors (Lipinski definition) is 0.